The van der Waals surface area contributed by atoms with Gasteiger partial charge >= 0.3 is 0 Å². The van der Waals surface area contributed by atoms with E-state index in [2.05, 4.69) is 20.8 Å². The van der Waals surface area contributed by atoms with Crippen LogP contribution >= 0.6 is 12.6 Å². The summed E-state index contributed by atoms with van der Waals surface area (Å²) >= 11 is 5.84. The smallest absolute Gasteiger partial charge is 0.0772 e. The van der Waals surface area contributed by atoms with Crippen molar-refractivity contribution in [1.29, 1.82) is 0 Å². The molecule has 0 aromatic rings. The van der Waals surface area contributed by atoms with Crippen LogP contribution in [0.1, 0.15) is 284 Å². The molecule has 0 aliphatic heterocycles. The van der Waals surface area contributed by atoms with E-state index in [1.807, 2.05) is 0 Å². The molecule has 2 radical (unpaired) electrons. The molecule has 4 aliphatic rings. The van der Waals surface area contributed by atoms with Crippen LogP contribution in [-0.2, 0) is 0 Å². The van der Waals surface area contributed by atoms with Gasteiger partial charge in [-0.2, -0.15) is 12.6 Å². The van der Waals surface area contributed by atoms with Gasteiger partial charge in [0.25, 0.3) is 0 Å². The standard InChI is InChI=1S/C50H93BS/c1-46(37-30-24-21-22-25-31-38-46)49-40-33-27-19-15-11-7-4-6-10-14-18-26-32-39-47(2,43-44-49)50(51)41-34-28-20-16-12-8-5-9-13-17-23-29-35-45(49)36-42-48(50,3)52/h45,52H,4-44H2,1-3H3. The van der Waals surface area contributed by atoms with Crippen molar-refractivity contribution in [3.8, 4) is 0 Å². The Hall–Kier alpha value is 0.415. The second kappa shape index (κ2) is 23.6. The quantitative estimate of drug-likeness (QED) is 0.201. The van der Waals surface area contributed by atoms with Crippen LogP contribution in [0.2, 0.25) is 5.31 Å². The molecule has 4 rings (SSSR count). The van der Waals surface area contributed by atoms with Crippen molar-refractivity contribution in [2.24, 2.45) is 22.2 Å². The third-order valence-corrected chi connectivity index (χ3v) is 17.7. The highest BCUT2D eigenvalue weighted by molar-refractivity contribution is 7.82. The molecule has 0 nitrogen and oxygen atoms in total. The Bertz CT molecular complexity index is 917. The Morgan fingerprint density at radius 2 is 0.654 bits per heavy atom. The zero-order chi connectivity index (χ0) is 37.1. The molecule has 5 unspecified atom stereocenters. The lowest BCUT2D eigenvalue weighted by molar-refractivity contribution is -0.0612. The minimum absolute atomic E-state index is 0.130. The van der Waals surface area contributed by atoms with E-state index in [-0.39, 0.29) is 15.5 Å². The third kappa shape index (κ3) is 13.0. The average Bonchev–Trinajstić information content (AvgIpc) is 3.24. The molecular weight excluding hydrogens is 643 g/mol. The Morgan fingerprint density at radius 1 is 0.327 bits per heavy atom. The lowest BCUT2D eigenvalue weighted by Gasteiger charge is -2.58. The molecule has 52 heavy (non-hydrogen) atoms. The second-order valence-electron chi connectivity index (χ2n) is 20.8. The van der Waals surface area contributed by atoms with E-state index in [1.165, 1.54) is 263 Å². The van der Waals surface area contributed by atoms with Crippen molar-refractivity contribution < 1.29 is 0 Å². The van der Waals surface area contributed by atoms with Crippen LogP contribution in [0.5, 0.6) is 0 Å². The molecule has 302 valence electrons. The molecule has 0 aromatic carbocycles. The number of thiol groups is 1. The van der Waals surface area contributed by atoms with Crippen LogP contribution < -0.4 is 0 Å². The number of rotatable bonds is 1. The molecule has 0 N–H and O–H groups in total. The fourth-order valence-electron chi connectivity index (χ4n) is 13.1. The molecule has 0 amide bonds. The summed E-state index contributed by atoms with van der Waals surface area (Å²) in [5.41, 5.74) is 1.03. The van der Waals surface area contributed by atoms with Gasteiger partial charge in [0.2, 0.25) is 0 Å². The summed E-state index contributed by atoms with van der Waals surface area (Å²) < 4.78 is -0.130. The van der Waals surface area contributed by atoms with Crippen LogP contribution in [0, 0.1) is 22.2 Å². The summed E-state index contributed by atoms with van der Waals surface area (Å²) in [5.74, 6) is 0.826. The maximum absolute atomic E-state index is 8.21. The highest BCUT2D eigenvalue weighted by atomic mass is 32.1. The number of fused-ring (bicyclic) bond motifs is 9. The third-order valence-electron chi connectivity index (χ3n) is 17.1. The summed E-state index contributed by atoms with van der Waals surface area (Å²) in [7, 11) is 8.21. The predicted octanol–water partition coefficient (Wildman–Crippen LogP) is 17.7. The fourth-order valence-corrected chi connectivity index (χ4v) is 13.6. The lowest BCUT2D eigenvalue weighted by atomic mass is 9.42. The Balaban J connectivity index is 1.79. The SMILES string of the molecule is [B]C12CCCCCCCCCCCCCCC(CCC1(C)S)C1(C3(C)CCCCCCCC3)CCCCCCCCCCCCCCCC2(C)CC1. The van der Waals surface area contributed by atoms with Crippen LogP contribution in [0.4, 0.5) is 0 Å². The van der Waals surface area contributed by atoms with E-state index < -0.39 is 0 Å². The second-order valence-corrected chi connectivity index (χ2v) is 21.7. The number of hydrogen-bond acceptors (Lipinski definition) is 1. The summed E-state index contributed by atoms with van der Waals surface area (Å²) in [6, 6.07) is 0. The molecule has 5 atom stereocenters. The summed E-state index contributed by atoms with van der Waals surface area (Å²) in [6.07, 6.45) is 58.6. The molecular formula is C50H93BS. The fraction of sp³-hybridized carbons (Fsp3) is 1.00. The lowest BCUT2D eigenvalue weighted by Crippen LogP contribution is -2.48. The van der Waals surface area contributed by atoms with Crippen LogP contribution in [0.3, 0.4) is 0 Å². The minimum atomic E-state index is -0.218. The zero-order valence-corrected chi connectivity index (χ0v) is 37.0. The largest absolute Gasteiger partial charge is 0.173 e. The molecule has 0 aromatic heterocycles. The average molecular weight is 737 g/mol. The maximum atomic E-state index is 8.21. The first kappa shape index (κ1) is 45.1. The monoisotopic (exact) mass is 737 g/mol. The van der Waals surface area contributed by atoms with E-state index in [0.29, 0.717) is 10.8 Å². The van der Waals surface area contributed by atoms with Gasteiger partial charge in [-0.05, 0) is 85.3 Å². The Kier molecular flexibility index (Phi) is 20.5. The molecule has 0 heterocycles. The molecule has 4 bridgehead atoms. The normalized spacial score (nSPS) is 37.9. The number of hydrogen-bond donors (Lipinski definition) is 1. The van der Waals surface area contributed by atoms with E-state index in [0.717, 1.165) is 5.92 Å². The van der Waals surface area contributed by atoms with Gasteiger partial charge < -0.3 is 0 Å². The molecule has 4 saturated carbocycles. The van der Waals surface area contributed by atoms with Crippen molar-refractivity contribution in [2.75, 3.05) is 0 Å². The first-order chi connectivity index (χ1) is 25.2. The molecule has 4 aliphatic carbocycles. The zero-order valence-electron chi connectivity index (χ0n) is 36.1. The predicted molar refractivity (Wildman–Crippen MR) is 237 cm³/mol. The van der Waals surface area contributed by atoms with Gasteiger partial charge in [0.1, 0.15) is 0 Å². The first-order valence-corrected chi connectivity index (χ1v) is 25.1. The summed E-state index contributed by atoms with van der Waals surface area (Å²) in [4.78, 5) is 0. The summed E-state index contributed by atoms with van der Waals surface area (Å²) in [6.45, 7) is 8.15. The highest BCUT2D eigenvalue weighted by Gasteiger charge is 2.58. The summed E-state index contributed by atoms with van der Waals surface area (Å²) in [5, 5.41) is -0.218. The van der Waals surface area contributed by atoms with Gasteiger partial charge in [-0.15, -0.1) is 0 Å². The minimum Gasteiger partial charge on any atom is -0.173 e. The Morgan fingerprint density at radius 3 is 1.08 bits per heavy atom. The molecule has 0 saturated heterocycles. The van der Waals surface area contributed by atoms with Gasteiger partial charge in [-0.3, -0.25) is 0 Å². The van der Waals surface area contributed by atoms with Crippen LogP contribution in [0.15, 0.2) is 0 Å². The van der Waals surface area contributed by atoms with E-state index in [1.54, 1.807) is 0 Å². The van der Waals surface area contributed by atoms with E-state index in [9.17, 15) is 0 Å². The molecule has 4 fully saturated rings. The van der Waals surface area contributed by atoms with Crippen LogP contribution in [0.25, 0.3) is 0 Å². The van der Waals surface area contributed by atoms with Gasteiger partial charge in [0.05, 0.1) is 7.85 Å². The van der Waals surface area contributed by atoms with E-state index in [4.69, 9.17) is 20.5 Å². The molecule has 2 heteroatoms. The highest BCUT2D eigenvalue weighted by Crippen LogP contribution is 2.68. The van der Waals surface area contributed by atoms with Crippen molar-refractivity contribution in [2.45, 2.75) is 294 Å². The van der Waals surface area contributed by atoms with Crippen molar-refractivity contribution >= 4 is 20.5 Å². The molecule has 0 spiro atoms. The first-order valence-electron chi connectivity index (χ1n) is 24.7. The topological polar surface area (TPSA) is 0 Å². The van der Waals surface area contributed by atoms with Crippen molar-refractivity contribution in [3.63, 3.8) is 0 Å². The van der Waals surface area contributed by atoms with Crippen molar-refractivity contribution in [3.05, 3.63) is 0 Å². The Labute approximate surface area is 335 Å². The van der Waals surface area contributed by atoms with Gasteiger partial charge in [0.15, 0.2) is 0 Å². The van der Waals surface area contributed by atoms with Crippen molar-refractivity contribution in [1.82, 2.24) is 0 Å². The maximum Gasteiger partial charge on any atom is 0.0772 e. The van der Waals surface area contributed by atoms with Crippen LogP contribution in [-0.4, -0.2) is 12.6 Å². The van der Waals surface area contributed by atoms with Gasteiger partial charge in [0, 0.05) is 4.75 Å². The van der Waals surface area contributed by atoms with E-state index >= 15 is 0 Å². The van der Waals surface area contributed by atoms with Gasteiger partial charge in [-0.25, -0.2) is 0 Å². The van der Waals surface area contributed by atoms with Gasteiger partial charge in [-0.1, -0.05) is 226 Å².